The molecule has 0 aromatic carbocycles. The van der Waals surface area contributed by atoms with Gasteiger partial charge in [-0.15, -0.1) is 11.3 Å². The van der Waals surface area contributed by atoms with E-state index in [0.29, 0.717) is 6.04 Å². The molecule has 1 atom stereocenters. The fourth-order valence-electron chi connectivity index (χ4n) is 3.19. The van der Waals surface area contributed by atoms with E-state index in [1.54, 1.807) is 4.88 Å². The van der Waals surface area contributed by atoms with Crippen molar-refractivity contribution in [1.29, 1.82) is 0 Å². The molecule has 1 unspecified atom stereocenters. The number of hydrogen-bond acceptors (Lipinski definition) is 2. The van der Waals surface area contributed by atoms with Crippen LogP contribution in [0.25, 0.3) is 0 Å². The van der Waals surface area contributed by atoms with Crippen molar-refractivity contribution in [3.05, 3.63) is 21.4 Å². The van der Waals surface area contributed by atoms with Crippen molar-refractivity contribution < 1.29 is 0 Å². The topological polar surface area (TPSA) is 12.0 Å². The highest BCUT2D eigenvalue weighted by Crippen LogP contribution is 2.36. The number of hydrogen-bond donors (Lipinski definition) is 1. The highest BCUT2D eigenvalue weighted by molar-refractivity contribution is 7.12. The molecule has 1 heterocycles. The first kappa shape index (κ1) is 14.1. The molecule has 0 bridgehead atoms. The van der Waals surface area contributed by atoms with Crippen LogP contribution in [-0.2, 0) is 0 Å². The lowest BCUT2D eigenvalue weighted by Crippen LogP contribution is -2.23. The zero-order valence-electron chi connectivity index (χ0n) is 12.1. The molecule has 18 heavy (non-hydrogen) atoms. The molecule has 0 aliphatic heterocycles. The molecule has 1 aliphatic rings. The van der Waals surface area contributed by atoms with E-state index in [1.807, 2.05) is 11.3 Å². The molecular formula is C16H27NS. The predicted octanol–water partition coefficient (Wildman–Crippen LogP) is 4.99. The molecule has 1 aliphatic carbocycles. The molecule has 1 nitrogen and oxygen atoms in total. The van der Waals surface area contributed by atoms with Gasteiger partial charge in [-0.05, 0) is 50.8 Å². The minimum atomic E-state index is 0.603. The molecule has 2 heteroatoms. The van der Waals surface area contributed by atoms with E-state index in [-0.39, 0.29) is 0 Å². The van der Waals surface area contributed by atoms with Crippen molar-refractivity contribution in [1.82, 2.24) is 5.32 Å². The molecule has 0 spiro atoms. The number of aryl methyl sites for hydroxylation is 2. The van der Waals surface area contributed by atoms with Gasteiger partial charge >= 0.3 is 0 Å². The quantitative estimate of drug-likeness (QED) is 0.764. The van der Waals surface area contributed by atoms with Crippen molar-refractivity contribution >= 4 is 11.3 Å². The van der Waals surface area contributed by atoms with E-state index in [9.17, 15) is 0 Å². The Hall–Kier alpha value is -0.340. The second kappa shape index (κ2) is 6.72. The zero-order valence-corrected chi connectivity index (χ0v) is 12.9. The summed E-state index contributed by atoms with van der Waals surface area (Å²) < 4.78 is 0. The highest BCUT2D eigenvalue weighted by atomic mass is 32.1. The number of nitrogens with one attached hydrogen (secondary N) is 1. The maximum absolute atomic E-state index is 3.78. The summed E-state index contributed by atoms with van der Waals surface area (Å²) in [5, 5.41) is 3.78. The maximum atomic E-state index is 3.78. The van der Waals surface area contributed by atoms with Gasteiger partial charge in [-0.3, -0.25) is 0 Å². The summed E-state index contributed by atoms with van der Waals surface area (Å²) >= 11 is 1.99. The molecule has 1 aromatic heterocycles. The third-order valence-corrected chi connectivity index (χ3v) is 5.35. The van der Waals surface area contributed by atoms with Crippen LogP contribution in [0.4, 0.5) is 0 Å². The van der Waals surface area contributed by atoms with Crippen LogP contribution in [0, 0.1) is 19.8 Å². The summed E-state index contributed by atoms with van der Waals surface area (Å²) in [6, 6.07) is 2.95. The van der Waals surface area contributed by atoms with Crippen molar-refractivity contribution in [2.24, 2.45) is 5.92 Å². The maximum Gasteiger partial charge on any atom is 0.0420 e. The van der Waals surface area contributed by atoms with Crippen LogP contribution in [-0.4, -0.2) is 6.54 Å². The summed E-state index contributed by atoms with van der Waals surface area (Å²) in [5.74, 6) is 0.959. The van der Waals surface area contributed by atoms with Gasteiger partial charge in [0.2, 0.25) is 0 Å². The molecule has 102 valence electrons. The second-order valence-corrected chi connectivity index (χ2v) is 7.09. The van der Waals surface area contributed by atoms with Gasteiger partial charge in [0.15, 0.2) is 0 Å². The van der Waals surface area contributed by atoms with Crippen LogP contribution in [0.2, 0.25) is 0 Å². The summed E-state index contributed by atoms with van der Waals surface area (Å²) in [7, 11) is 0. The van der Waals surface area contributed by atoms with Gasteiger partial charge in [0, 0.05) is 15.8 Å². The molecule has 1 N–H and O–H groups in total. The predicted molar refractivity (Wildman–Crippen MR) is 81.4 cm³/mol. The highest BCUT2D eigenvalue weighted by Gasteiger charge is 2.23. The van der Waals surface area contributed by atoms with Crippen LogP contribution < -0.4 is 5.32 Å². The van der Waals surface area contributed by atoms with Gasteiger partial charge in [-0.25, -0.2) is 0 Å². The second-order valence-electron chi connectivity index (χ2n) is 5.80. The van der Waals surface area contributed by atoms with Crippen LogP contribution >= 0.6 is 11.3 Å². The molecule has 0 radical (unpaired) electrons. The lowest BCUT2D eigenvalue weighted by Gasteiger charge is -2.22. The average molecular weight is 265 g/mol. The van der Waals surface area contributed by atoms with Crippen LogP contribution in [0.3, 0.4) is 0 Å². The van der Waals surface area contributed by atoms with E-state index < -0.39 is 0 Å². The van der Waals surface area contributed by atoms with Crippen molar-refractivity contribution in [2.75, 3.05) is 6.54 Å². The minimum absolute atomic E-state index is 0.603. The fourth-order valence-corrected chi connectivity index (χ4v) is 4.31. The lowest BCUT2D eigenvalue weighted by molar-refractivity contribution is 0.398. The Kier molecular flexibility index (Phi) is 5.25. The Bertz CT molecular complexity index is 363. The summed E-state index contributed by atoms with van der Waals surface area (Å²) in [4.78, 5) is 3.05. The van der Waals surface area contributed by atoms with Gasteiger partial charge in [0.25, 0.3) is 0 Å². The molecule has 0 saturated heterocycles. The average Bonchev–Trinajstić information content (AvgIpc) is 2.94. The third-order valence-electron chi connectivity index (χ3n) is 4.08. The van der Waals surface area contributed by atoms with E-state index in [2.05, 4.69) is 32.2 Å². The van der Waals surface area contributed by atoms with Crippen LogP contribution in [0.1, 0.15) is 66.8 Å². The largest absolute Gasteiger partial charge is 0.309 e. The third kappa shape index (κ3) is 3.58. The Labute approximate surface area is 116 Å². The Morgan fingerprint density at radius 3 is 2.61 bits per heavy atom. The van der Waals surface area contributed by atoms with Crippen molar-refractivity contribution in [3.8, 4) is 0 Å². The zero-order chi connectivity index (χ0) is 13.0. The standard InChI is InChI=1S/C16H27NS/c1-4-9-17-15(11-14-7-5-6-8-14)16-12(2)10-13(3)18-16/h10,14-15,17H,4-9,11H2,1-3H3. The fraction of sp³-hybridized carbons (Fsp3) is 0.750. The van der Waals surface area contributed by atoms with E-state index in [0.717, 1.165) is 12.5 Å². The summed E-state index contributed by atoms with van der Waals surface area (Å²) in [6.45, 7) is 7.90. The van der Waals surface area contributed by atoms with Crippen LogP contribution in [0.5, 0.6) is 0 Å². The van der Waals surface area contributed by atoms with E-state index in [1.165, 1.54) is 49.0 Å². The van der Waals surface area contributed by atoms with E-state index in [4.69, 9.17) is 0 Å². The monoisotopic (exact) mass is 265 g/mol. The molecule has 1 aromatic rings. The number of rotatable bonds is 6. The molecular weight excluding hydrogens is 238 g/mol. The Morgan fingerprint density at radius 1 is 1.33 bits per heavy atom. The minimum Gasteiger partial charge on any atom is -0.309 e. The molecule has 2 rings (SSSR count). The summed E-state index contributed by atoms with van der Waals surface area (Å²) in [5.41, 5.74) is 1.49. The molecule has 0 amide bonds. The molecule has 1 fully saturated rings. The van der Waals surface area contributed by atoms with Gasteiger partial charge < -0.3 is 5.32 Å². The van der Waals surface area contributed by atoms with Crippen LogP contribution in [0.15, 0.2) is 6.07 Å². The summed E-state index contributed by atoms with van der Waals surface area (Å²) in [6.07, 6.45) is 8.38. The SMILES string of the molecule is CCCNC(CC1CCCC1)c1sc(C)cc1C. The van der Waals surface area contributed by atoms with Crippen molar-refractivity contribution in [3.63, 3.8) is 0 Å². The Morgan fingerprint density at radius 2 is 2.06 bits per heavy atom. The van der Waals surface area contributed by atoms with Gasteiger partial charge in [-0.1, -0.05) is 32.6 Å². The first-order chi connectivity index (χ1) is 8.70. The van der Waals surface area contributed by atoms with Gasteiger partial charge in [0.1, 0.15) is 0 Å². The van der Waals surface area contributed by atoms with Crippen molar-refractivity contribution in [2.45, 2.75) is 65.3 Å². The van der Waals surface area contributed by atoms with Gasteiger partial charge in [0.05, 0.1) is 0 Å². The molecule has 1 saturated carbocycles. The Balaban J connectivity index is 2.05. The van der Waals surface area contributed by atoms with E-state index >= 15 is 0 Å². The smallest absolute Gasteiger partial charge is 0.0420 e. The number of thiophene rings is 1. The lowest BCUT2D eigenvalue weighted by atomic mass is 9.96. The first-order valence-corrected chi connectivity index (χ1v) is 8.32. The first-order valence-electron chi connectivity index (χ1n) is 7.51. The van der Waals surface area contributed by atoms with Gasteiger partial charge in [-0.2, -0.15) is 0 Å². The normalized spacial score (nSPS) is 18.4.